The van der Waals surface area contributed by atoms with Crippen LogP contribution in [0.2, 0.25) is 0 Å². The molecule has 0 aliphatic rings. The monoisotopic (exact) mass is 509 g/mol. The number of ether oxygens (including phenoxy) is 3. The maximum Gasteiger partial charge on any atom is 0.416 e. The summed E-state index contributed by atoms with van der Waals surface area (Å²) in [6.45, 7) is 3.77. The van der Waals surface area contributed by atoms with E-state index in [1.165, 1.54) is 18.3 Å². The zero-order chi connectivity index (χ0) is 26.6. The van der Waals surface area contributed by atoms with Crippen LogP contribution in [0.3, 0.4) is 0 Å². The van der Waals surface area contributed by atoms with Crippen LogP contribution in [0.1, 0.15) is 37.8 Å². The number of hydrazone groups is 1. The van der Waals surface area contributed by atoms with E-state index in [-0.39, 0.29) is 31.7 Å². The van der Waals surface area contributed by atoms with Crippen molar-refractivity contribution in [3.63, 3.8) is 0 Å². The van der Waals surface area contributed by atoms with Gasteiger partial charge in [0.15, 0.2) is 18.1 Å². The van der Waals surface area contributed by atoms with Crippen molar-refractivity contribution in [2.75, 3.05) is 25.1 Å². The van der Waals surface area contributed by atoms with E-state index >= 15 is 0 Å². The maximum absolute atomic E-state index is 12.8. The number of rotatable bonds is 12. The average molecular weight is 509 g/mol. The van der Waals surface area contributed by atoms with E-state index in [9.17, 15) is 27.6 Å². The summed E-state index contributed by atoms with van der Waals surface area (Å²) < 4.78 is 54.0. The summed E-state index contributed by atoms with van der Waals surface area (Å²) in [5, 5.41) is 6.15. The Morgan fingerprint density at radius 2 is 1.69 bits per heavy atom. The van der Waals surface area contributed by atoms with Gasteiger partial charge in [-0.15, -0.1) is 0 Å². The van der Waals surface area contributed by atoms with Gasteiger partial charge >= 0.3 is 12.1 Å². The van der Waals surface area contributed by atoms with Gasteiger partial charge in [0.25, 0.3) is 0 Å². The highest BCUT2D eigenvalue weighted by Crippen LogP contribution is 2.31. The van der Waals surface area contributed by atoms with Gasteiger partial charge in [0.05, 0.1) is 25.0 Å². The third-order valence-corrected chi connectivity index (χ3v) is 4.37. The number of anilines is 1. The molecular weight excluding hydrogens is 483 g/mol. The number of carbonyl (C=O) groups is 3. The van der Waals surface area contributed by atoms with E-state index in [4.69, 9.17) is 14.2 Å². The number of benzene rings is 2. The lowest BCUT2D eigenvalue weighted by atomic mass is 10.2. The van der Waals surface area contributed by atoms with Gasteiger partial charge in [0.2, 0.25) is 11.8 Å². The molecule has 0 fully saturated rings. The first-order valence-corrected chi connectivity index (χ1v) is 11.0. The van der Waals surface area contributed by atoms with Crippen LogP contribution in [-0.2, 0) is 25.3 Å². The highest BCUT2D eigenvalue weighted by molar-refractivity contribution is 5.93. The van der Waals surface area contributed by atoms with Gasteiger partial charge in [-0.05, 0) is 55.8 Å². The van der Waals surface area contributed by atoms with Crippen LogP contribution in [0, 0.1) is 0 Å². The number of carbonyl (C=O) groups excluding carboxylic acids is 3. The first-order valence-electron chi connectivity index (χ1n) is 11.0. The molecule has 0 heterocycles. The Labute approximate surface area is 205 Å². The summed E-state index contributed by atoms with van der Waals surface area (Å²) in [4.78, 5) is 35.4. The number of hydrogen-bond acceptors (Lipinski definition) is 7. The van der Waals surface area contributed by atoms with Crippen LogP contribution in [0.25, 0.3) is 0 Å². The molecule has 0 atom stereocenters. The largest absolute Gasteiger partial charge is 0.490 e. The maximum atomic E-state index is 12.8. The smallest absolute Gasteiger partial charge is 0.416 e. The SMILES string of the molecule is CCOC(=O)COc1ccc(C=NNC(=O)CCC(=O)Nc2cccc(C(F)(F)F)c2)cc1OCC. The molecule has 194 valence electrons. The van der Waals surface area contributed by atoms with E-state index in [1.807, 2.05) is 0 Å². The standard InChI is InChI=1S/C24H26F3N3O6/c1-3-34-20-12-16(8-9-19(20)36-15-23(33)35-4-2)14-28-30-22(32)11-10-21(31)29-18-7-5-6-17(13-18)24(25,26)27/h5-9,12-14H,3-4,10-11,15H2,1-2H3,(H,29,31)(H,30,32). The van der Waals surface area contributed by atoms with E-state index in [0.717, 1.165) is 12.1 Å². The van der Waals surface area contributed by atoms with Crippen LogP contribution >= 0.6 is 0 Å². The van der Waals surface area contributed by atoms with Crippen LogP contribution in [0.5, 0.6) is 11.5 Å². The Kier molecular flexibility index (Phi) is 10.7. The number of nitrogens with zero attached hydrogens (tertiary/aromatic N) is 1. The van der Waals surface area contributed by atoms with E-state index in [2.05, 4.69) is 15.8 Å². The molecule has 12 heteroatoms. The van der Waals surface area contributed by atoms with Gasteiger partial charge in [-0.3, -0.25) is 9.59 Å². The molecule has 0 unspecified atom stereocenters. The summed E-state index contributed by atoms with van der Waals surface area (Å²) in [6, 6.07) is 9.00. The topological polar surface area (TPSA) is 115 Å². The lowest BCUT2D eigenvalue weighted by Gasteiger charge is -2.12. The van der Waals surface area contributed by atoms with Gasteiger partial charge in [-0.25, -0.2) is 10.2 Å². The van der Waals surface area contributed by atoms with Crippen molar-refractivity contribution in [1.82, 2.24) is 5.43 Å². The molecule has 2 rings (SSSR count). The first kappa shape index (κ1) is 28.1. The van der Waals surface area contributed by atoms with Gasteiger partial charge in [0.1, 0.15) is 0 Å². The van der Waals surface area contributed by atoms with E-state index < -0.39 is 29.5 Å². The van der Waals surface area contributed by atoms with Crippen molar-refractivity contribution in [2.45, 2.75) is 32.9 Å². The van der Waals surface area contributed by atoms with Gasteiger partial charge in [0, 0.05) is 18.5 Å². The number of alkyl halides is 3. The lowest BCUT2D eigenvalue weighted by Crippen LogP contribution is -2.20. The summed E-state index contributed by atoms with van der Waals surface area (Å²) in [7, 11) is 0. The predicted octanol–water partition coefficient (Wildman–Crippen LogP) is 3.92. The molecule has 0 aromatic heterocycles. The van der Waals surface area contributed by atoms with Crippen molar-refractivity contribution in [3.8, 4) is 11.5 Å². The molecule has 0 saturated carbocycles. The first-order chi connectivity index (χ1) is 17.1. The van der Waals surface area contributed by atoms with Crippen LogP contribution < -0.4 is 20.2 Å². The summed E-state index contributed by atoms with van der Waals surface area (Å²) in [6.07, 6.45) is -3.66. The molecular formula is C24H26F3N3O6. The average Bonchev–Trinajstić information content (AvgIpc) is 2.82. The quantitative estimate of drug-likeness (QED) is 0.255. The summed E-state index contributed by atoms with van der Waals surface area (Å²) in [5.41, 5.74) is 1.92. The zero-order valence-electron chi connectivity index (χ0n) is 19.7. The fraction of sp³-hybridized carbons (Fsp3) is 0.333. The molecule has 2 aromatic rings. The molecule has 2 aromatic carbocycles. The Morgan fingerprint density at radius 1 is 0.944 bits per heavy atom. The number of nitrogens with one attached hydrogen (secondary N) is 2. The predicted molar refractivity (Wildman–Crippen MR) is 125 cm³/mol. The number of esters is 1. The number of hydrogen-bond donors (Lipinski definition) is 2. The third kappa shape index (κ3) is 9.65. The van der Waals surface area contributed by atoms with E-state index in [1.54, 1.807) is 32.0 Å². The van der Waals surface area contributed by atoms with Crippen LogP contribution in [-0.4, -0.2) is 43.8 Å². The Bertz CT molecular complexity index is 1090. The van der Waals surface area contributed by atoms with Crippen molar-refractivity contribution in [1.29, 1.82) is 0 Å². The Balaban J connectivity index is 1.85. The van der Waals surface area contributed by atoms with Crippen molar-refractivity contribution < 1.29 is 41.8 Å². The minimum Gasteiger partial charge on any atom is -0.490 e. The third-order valence-electron chi connectivity index (χ3n) is 4.37. The molecule has 0 saturated heterocycles. The summed E-state index contributed by atoms with van der Waals surface area (Å²) in [5.74, 6) is -1.00. The fourth-order valence-electron chi connectivity index (χ4n) is 2.79. The second-order valence-electron chi connectivity index (χ2n) is 7.15. The van der Waals surface area contributed by atoms with Crippen LogP contribution in [0.15, 0.2) is 47.6 Å². The van der Waals surface area contributed by atoms with E-state index in [0.29, 0.717) is 23.7 Å². The molecule has 36 heavy (non-hydrogen) atoms. The fourth-order valence-corrected chi connectivity index (χ4v) is 2.79. The molecule has 9 nitrogen and oxygen atoms in total. The van der Waals surface area contributed by atoms with Crippen molar-refractivity contribution >= 4 is 29.7 Å². The van der Waals surface area contributed by atoms with Crippen molar-refractivity contribution in [3.05, 3.63) is 53.6 Å². The number of halogens is 3. The molecule has 0 spiro atoms. The van der Waals surface area contributed by atoms with Crippen molar-refractivity contribution in [2.24, 2.45) is 5.10 Å². The Morgan fingerprint density at radius 3 is 2.39 bits per heavy atom. The number of amides is 2. The van der Waals surface area contributed by atoms with Gasteiger partial charge in [-0.1, -0.05) is 6.07 Å². The molecule has 0 radical (unpaired) electrons. The highest BCUT2D eigenvalue weighted by atomic mass is 19.4. The Hall–Kier alpha value is -4.09. The highest BCUT2D eigenvalue weighted by Gasteiger charge is 2.30. The normalized spacial score (nSPS) is 11.1. The molecule has 0 aliphatic heterocycles. The second-order valence-corrected chi connectivity index (χ2v) is 7.15. The van der Waals surface area contributed by atoms with Gasteiger partial charge in [-0.2, -0.15) is 18.3 Å². The lowest BCUT2D eigenvalue weighted by molar-refractivity contribution is -0.145. The molecule has 0 aliphatic carbocycles. The minimum atomic E-state index is -4.53. The van der Waals surface area contributed by atoms with Gasteiger partial charge < -0.3 is 19.5 Å². The molecule has 0 bridgehead atoms. The van der Waals surface area contributed by atoms with Crippen LogP contribution in [0.4, 0.5) is 18.9 Å². The minimum absolute atomic E-state index is 0.0203. The zero-order valence-corrected chi connectivity index (χ0v) is 19.7. The summed E-state index contributed by atoms with van der Waals surface area (Å²) >= 11 is 0. The molecule has 2 N–H and O–H groups in total. The second kappa shape index (κ2) is 13.7. The molecule has 2 amide bonds.